The summed E-state index contributed by atoms with van der Waals surface area (Å²) in [5.41, 5.74) is 1.54. The lowest BCUT2D eigenvalue weighted by Gasteiger charge is -2.38. The first kappa shape index (κ1) is 16.4. The number of rotatable bonds is 3. The molecule has 128 valence electrons. The Kier molecular flexibility index (Phi) is 4.71. The molecule has 23 heavy (non-hydrogen) atoms. The number of hydrogen-bond acceptors (Lipinski definition) is 4. The number of carbonyl (C=O) groups excluding carboxylic acids is 1. The van der Waals surface area contributed by atoms with Crippen molar-refractivity contribution in [1.29, 1.82) is 0 Å². The van der Waals surface area contributed by atoms with Crippen LogP contribution in [0.1, 0.15) is 74.6 Å². The molecule has 2 N–H and O–H groups in total. The van der Waals surface area contributed by atoms with Crippen LogP contribution in [0.2, 0.25) is 0 Å². The first-order valence-corrected chi connectivity index (χ1v) is 8.92. The third kappa shape index (κ3) is 3.42. The number of amides is 1. The molecule has 0 aromatic carbocycles. The van der Waals surface area contributed by atoms with Crippen LogP contribution in [0.25, 0.3) is 0 Å². The topological polar surface area (TPSA) is 71.8 Å². The molecule has 1 saturated heterocycles. The van der Waals surface area contributed by atoms with Gasteiger partial charge in [0, 0.05) is 6.04 Å². The van der Waals surface area contributed by atoms with Gasteiger partial charge >= 0.3 is 0 Å². The van der Waals surface area contributed by atoms with Gasteiger partial charge in [0.2, 0.25) is 0 Å². The van der Waals surface area contributed by atoms with Crippen molar-refractivity contribution in [1.82, 2.24) is 25.6 Å². The summed E-state index contributed by atoms with van der Waals surface area (Å²) in [5.74, 6) is -0.0670. The molecule has 6 nitrogen and oxygen atoms in total. The average Bonchev–Trinajstić information content (AvgIpc) is 2.92. The normalized spacial score (nSPS) is 25.3. The Morgan fingerprint density at radius 1 is 1.26 bits per heavy atom. The van der Waals surface area contributed by atoms with Crippen molar-refractivity contribution in [3.63, 3.8) is 0 Å². The summed E-state index contributed by atoms with van der Waals surface area (Å²) in [5, 5.41) is 15.0. The quantitative estimate of drug-likeness (QED) is 0.896. The number of aromatic nitrogens is 3. The average molecular weight is 319 g/mol. The van der Waals surface area contributed by atoms with Gasteiger partial charge < -0.3 is 10.6 Å². The highest BCUT2D eigenvalue weighted by molar-refractivity contribution is 5.93. The van der Waals surface area contributed by atoms with Crippen molar-refractivity contribution in [2.75, 3.05) is 13.1 Å². The zero-order valence-electron chi connectivity index (χ0n) is 14.6. The molecule has 1 aromatic heterocycles. The number of carbonyl (C=O) groups is 1. The predicted molar refractivity (Wildman–Crippen MR) is 89.4 cm³/mol. The minimum atomic E-state index is -0.0670. The van der Waals surface area contributed by atoms with Crippen LogP contribution in [0.15, 0.2) is 0 Å². The molecule has 1 atom stereocenters. The molecule has 0 bridgehead atoms. The highest BCUT2D eigenvalue weighted by Crippen LogP contribution is 2.35. The van der Waals surface area contributed by atoms with Crippen LogP contribution in [0.5, 0.6) is 0 Å². The minimum absolute atomic E-state index is 0.0670. The summed E-state index contributed by atoms with van der Waals surface area (Å²) in [7, 11) is 0. The summed E-state index contributed by atoms with van der Waals surface area (Å²) in [4.78, 5) is 12.7. The van der Waals surface area contributed by atoms with Crippen LogP contribution in [-0.2, 0) is 0 Å². The lowest BCUT2D eigenvalue weighted by Crippen LogP contribution is -2.47. The van der Waals surface area contributed by atoms with E-state index < -0.39 is 0 Å². The van der Waals surface area contributed by atoms with Crippen LogP contribution in [0.3, 0.4) is 0 Å². The Bertz CT molecular complexity index is 559. The fourth-order valence-electron chi connectivity index (χ4n) is 3.94. The van der Waals surface area contributed by atoms with Crippen molar-refractivity contribution >= 4 is 5.91 Å². The largest absolute Gasteiger partial charge is 0.347 e. The summed E-state index contributed by atoms with van der Waals surface area (Å²) < 4.78 is 1.95. The molecule has 2 aliphatic rings. The van der Waals surface area contributed by atoms with Gasteiger partial charge in [-0.15, -0.1) is 5.10 Å². The van der Waals surface area contributed by atoms with Crippen LogP contribution in [-0.4, -0.2) is 40.0 Å². The van der Waals surface area contributed by atoms with E-state index >= 15 is 0 Å². The van der Waals surface area contributed by atoms with E-state index in [1.54, 1.807) is 0 Å². The predicted octanol–water partition coefficient (Wildman–Crippen LogP) is 2.21. The monoisotopic (exact) mass is 319 g/mol. The highest BCUT2D eigenvalue weighted by atomic mass is 16.2. The molecule has 1 aliphatic heterocycles. The van der Waals surface area contributed by atoms with Crippen LogP contribution in [0.4, 0.5) is 0 Å². The Morgan fingerprint density at radius 2 is 2.00 bits per heavy atom. The van der Waals surface area contributed by atoms with Gasteiger partial charge in [-0.05, 0) is 51.1 Å². The third-order valence-corrected chi connectivity index (χ3v) is 5.61. The standard InChI is InChI=1S/C17H29N5O/c1-12-15(20-21-22(12)13-7-10-18-11-8-13)16(23)19-14-6-4-5-9-17(14,2)3/h13-14,18H,4-11H2,1-3H3,(H,19,23). The summed E-state index contributed by atoms with van der Waals surface area (Å²) >= 11 is 0. The number of hydrogen-bond donors (Lipinski definition) is 2. The Labute approximate surface area is 138 Å². The van der Waals surface area contributed by atoms with E-state index in [9.17, 15) is 4.79 Å². The van der Waals surface area contributed by atoms with E-state index in [2.05, 4.69) is 34.8 Å². The molecule has 0 spiro atoms. The fraction of sp³-hybridized carbons (Fsp3) is 0.824. The number of nitrogens with zero attached hydrogens (tertiary/aromatic N) is 3. The molecule has 0 radical (unpaired) electrons. The molecule has 1 unspecified atom stereocenters. The second-order valence-corrected chi connectivity index (χ2v) is 7.71. The van der Waals surface area contributed by atoms with Crippen LogP contribution >= 0.6 is 0 Å². The molecular formula is C17H29N5O. The Morgan fingerprint density at radius 3 is 2.70 bits per heavy atom. The molecular weight excluding hydrogens is 290 g/mol. The van der Waals surface area contributed by atoms with Gasteiger partial charge in [-0.25, -0.2) is 4.68 Å². The second-order valence-electron chi connectivity index (χ2n) is 7.71. The van der Waals surface area contributed by atoms with Crippen molar-refractivity contribution in [2.45, 2.75) is 71.4 Å². The third-order valence-electron chi connectivity index (χ3n) is 5.61. The molecule has 3 rings (SSSR count). The number of piperidine rings is 1. The fourth-order valence-corrected chi connectivity index (χ4v) is 3.94. The number of nitrogens with one attached hydrogen (secondary N) is 2. The van der Waals surface area contributed by atoms with E-state index in [1.807, 2.05) is 11.6 Å². The van der Waals surface area contributed by atoms with Gasteiger partial charge in [0.25, 0.3) is 5.91 Å². The lowest BCUT2D eigenvalue weighted by molar-refractivity contribution is 0.0847. The molecule has 1 aromatic rings. The molecule has 1 saturated carbocycles. The molecule has 2 heterocycles. The maximum absolute atomic E-state index is 12.7. The van der Waals surface area contributed by atoms with E-state index in [-0.39, 0.29) is 17.4 Å². The van der Waals surface area contributed by atoms with Gasteiger partial charge in [0.05, 0.1) is 11.7 Å². The van der Waals surface area contributed by atoms with E-state index in [4.69, 9.17) is 0 Å². The molecule has 1 aliphatic carbocycles. The van der Waals surface area contributed by atoms with Crippen molar-refractivity contribution in [3.8, 4) is 0 Å². The Balaban J connectivity index is 1.71. The first-order valence-electron chi connectivity index (χ1n) is 8.92. The summed E-state index contributed by atoms with van der Waals surface area (Å²) in [6.45, 7) is 8.46. The summed E-state index contributed by atoms with van der Waals surface area (Å²) in [6, 6.07) is 0.587. The molecule has 6 heteroatoms. The van der Waals surface area contributed by atoms with Gasteiger partial charge in [-0.2, -0.15) is 0 Å². The van der Waals surface area contributed by atoms with Gasteiger partial charge in [-0.1, -0.05) is 31.9 Å². The zero-order chi connectivity index (χ0) is 16.4. The van der Waals surface area contributed by atoms with Gasteiger partial charge in [-0.3, -0.25) is 4.79 Å². The molecule has 2 fully saturated rings. The SMILES string of the molecule is Cc1c(C(=O)NC2CCCCC2(C)C)nnn1C1CCNCC1. The maximum Gasteiger partial charge on any atom is 0.273 e. The van der Waals surface area contributed by atoms with Gasteiger partial charge in [0.15, 0.2) is 5.69 Å². The van der Waals surface area contributed by atoms with E-state index in [1.165, 1.54) is 19.3 Å². The zero-order valence-corrected chi connectivity index (χ0v) is 14.6. The highest BCUT2D eigenvalue weighted by Gasteiger charge is 2.34. The lowest BCUT2D eigenvalue weighted by atomic mass is 9.73. The minimum Gasteiger partial charge on any atom is -0.347 e. The smallest absolute Gasteiger partial charge is 0.273 e. The van der Waals surface area contributed by atoms with Crippen molar-refractivity contribution in [3.05, 3.63) is 11.4 Å². The van der Waals surface area contributed by atoms with Crippen LogP contribution < -0.4 is 10.6 Å². The van der Waals surface area contributed by atoms with Crippen molar-refractivity contribution in [2.24, 2.45) is 5.41 Å². The van der Waals surface area contributed by atoms with Crippen LogP contribution in [0, 0.1) is 12.3 Å². The van der Waals surface area contributed by atoms with Crippen molar-refractivity contribution < 1.29 is 4.79 Å². The van der Waals surface area contributed by atoms with E-state index in [0.717, 1.165) is 38.0 Å². The Hall–Kier alpha value is -1.43. The second kappa shape index (κ2) is 6.59. The van der Waals surface area contributed by atoms with Gasteiger partial charge in [0.1, 0.15) is 0 Å². The molecule has 1 amide bonds. The maximum atomic E-state index is 12.7. The summed E-state index contributed by atoms with van der Waals surface area (Å²) in [6.07, 6.45) is 6.75. The first-order chi connectivity index (χ1) is 11.0. The van der Waals surface area contributed by atoms with E-state index in [0.29, 0.717) is 11.7 Å².